The molecular weight excluding hydrogens is 371 g/mol. The molecule has 1 amide bonds. The highest BCUT2D eigenvalue weighted by atomic mass is 35.5. The molecule has 0 radical (unpaired) electrons. The summed E-state index contributed by atoms with van der Waals surface area (Å²) in [6.45, 7) is 3.65. The van der Waals surface area contributed by atoms with E-state index in [1.165, 1.54) is 6.07 Å². The molecule has 7 heteroatoms. The van der Waals surface area contributed by atoms with Crippen molar-refractivity contribution in [3.63, 3.8) is 0 Å². The number of carbonyl (C=O) groups excluding carboxylic acids is 1. The van der Waals surface area contributed by atoms with Crippen molar-refractivity contribution in [1.29, 1.82) is 0 Å². The fourth-order valence-corrected chi connectivity index (χ4v) is 2.69. The van der Waals surface area contributed by atoms with E-state index in [0.29, 0.717) is 36.1 Å². The Kier molecular flexibility index (Phi) is 8.36. The second-order valence-corrected chi connectivity index (χ2v) is 6.38. The van der Waals surface area contributed by atoms with Gasteiger partial charge in [0.2, 0.25) is 5.91 Å². The Hall–Kier alpha value is -2.31. The van der Waals surface area contributed by atoms with Crippen LogP contribution in [0.3, 0.4) is 0 Å². The molecule has 0 aliphatic carbocycles. The number of amides is 1. The summed E-state index contributed by atoms with van der Waals surface area (Å²) in [6.07, 6.45) is 0. The fraction of sp³-hybridized carbons (Fsp3) is 0.350. The van der Waals surface area contributed by atoms with Crippen molar-refractivity contribution < 1.29 is 18.7 Å². The average molecular weight is 395 g/mol. The third-order valence-corrected chi connectivity index (χ3v) is 4.09. The standard InChI is InChI=1S/C20H24ClFN2O3/c1-3-26-15-7-9-16(10-8-15)27-12-11-23-20(25)14-24(2)13-17-18(21)5-4-6-19(17)22/h4-10H,3,11-14H2,1-2H3,(H,23,25). The predicted octanol–water partition coefficient (Wildman–Crippen LogP) is 3.50. The van der Waals surface area contributed by atoms with Gasteiger partial charge in [0, 0.05) is 17.1 Å². The second-order valence-electron chi connectivity index (χ2n) is 5.98. The number of hydrogen-bond donors (Lipinski definition) is 1. The van der Waals surface area contributed by atoms with Gasteiger partial charge in [-0.05, 0) is 50.4 Å². The van der Waals surface area contributed by atoms with Gasteiger partial charge in [-0.1, -0.05) is 17.7 Å². The van der Waals surface area contributed by atoms with E-state index in [9.17, 15) is 9.18 Å². The van der Waals surface area contributed by atoms with E-state index in [-0.39, 0.29) is 24.8 Å². The first-order chi connectivity index (χ1) is 13.0. The van der Waals surface area contributed by atoms with Gasteiger partial charge in [-0.2, -0.15) is 0 Å². The Morgan fingerprint density at radius 3 is 2.44 bits per heavy atom. The van der Waals surface area contributed by atoms with E-state index in [1.807, 2.05) is 31.2 Å². The Morgan fingerprint density at radius 1 is 1.15 bits per heavy atom. The number of rotatable bonds is 10. The van der Waals surface area contributed by atoms with E-state index >= 15 is 0 Å². The molecule has 0 saturated heterocycles. The smallest absolute Gasteiger partial charge is 0.234 e. The number of ether oxygens (including phenoxy) is 2. The first-order valence-corrected chi connectivity index (χ1v) is 9.11. The van der Waals surface area contributed by atoms with Crippen LogP contribution in [0.1, 0.15) is 12.5 Å². The van der Waals surface area contributed by atoms with Crippen LogP contribution in [0.15, 0.2) is 42.5 Å². The van der Waals surface area contributed by atoms with Gasteiger partial charge >= 0.3 is 0 Å². The highest BCUT2D eigenvalue weighted by Gasteiger charge is 2.12. The molecule has 1 N–H and O–H groups in total. The molecule has 5 nitrogen and oxygen atoms in total. The lowest BCUT2D eigenvalue weighted by Crippen LogP contribution is -2.37. The van der Waals surface area contributed by atoms with Crippen LogP contribution in [0, 0.1) is 5.82 Å². The van der Waals surface area contributed by atoms with Gasteiger partial charge in [-0.15, -0.1) is 0 Å². The van der Waals surface area contributed by atoms with Crippen molar-refractivity contribution in [2.24, 2.45) is 0 Å². The maximum absolute atomic E-state index is 13.8. The molecule has 0 unspecified atom stereocenters. The van der Waals surface area contributed by atoms with Crippen LogP contribution in [0.2, 0.25) is 5.02 Å². The molecule has 2 aromatic carbocycles. The molecule has 0 aliphatic heterocycles. The van der Waals surface area contributed by atoms with Crippen LogP contribution in [-0.4, -0.2) is 44.2 Å². The summed E-state index contributed by atoms with van der Waals surface area (Å²) in [5.41, 5.74) is 0.383. The van der Waals surface area contributed by atoms with Crippen molar-refractivity contribution in [3.05, 3.63) is 58.9 Å². The van der Waals surface area contributed by atoms with Crippen molar-refractivity contribution >= 4 is 17.5 Å². The molecule has 0 fully saturated rings. The molecular formula is C20H24ClFN2O3. The topological polar surface area (TPSA) is 50.8 Å². The maximum Gasteiger partial charge on any atom is 0.234 e. The minimum atomic E-state index is -0.376. The quantitative estimate of drug-likeness (QED) is 0.626. The minimum absolute atomic E-state index is 0.133. The highest BCUT2D eigenvalue weighted by molar-refractivity contribution is 6.31. The Bertz CT molecular complexity index is 720. The minimum Gasteiger partial charge on any atom is -0.494 e. The summed E-state index contributed by atoms with van der Waals surface area (Å²) in [5.74, 6) is 0.953. The van der Waals surface area contributed by atoms with Crippen LogP contribution >= 0.6 is 11.6 Å². The Balaban J connectivity index is 1.68. The summed E-state index contributed by atoms with van der Waals surface area (Å²) < 4.78 is 24.7. The van der Waals surface area contributed by atoms with Crippen molar-refractivity contribution in [2.45, 2.75) is 13.5 Å². The van der Waals surface area contributed by atoms with Crippen molar-refractivity contribution in [1.82, 2.24) is 10.2 Å². The highest BCUT2D eigenvalue weighted by Crippen LogP contribution is 2.20. The molecule has 27 heavy (non-hydrogen) atoms. The van der Waals surface area contributed by atoms with E-state index in [2.05, 4.69) is 5.32 Å². The van der Waals surface area contributed by atoms with Gasteiger partial charge in [-0.25, -0.2) is 4.39 Å². The van der Waals surface area contributed by atoms with Crippen LogP contribution in [-0.2, 0) is 11.3 Å². The number of nitrogens with one attached hydrogen (secondary N) is 1. The lowest BCUT2D eigenvalue weighted by Gasteiger charge is -2.17. The monoisotopic (exact) mass is 394 g/mol. The Morgan fingerprint density at radius 2 is 1.81 bits per heavy atom. The summed E-state index contributed by atoms with van der Waals surface area (Å²) in [6, 6.07) is 11.8. The maximum atomic E-state index is 13.8. The number of halogens is 2. The fourth-order valence-electron chi connectivity index (χ4n) is 2.47. The SMILES string of the molecule is CCOc1ccc(OCCNC(=O)CN(C)Cc2c(F)cccc2Cl)cc1. The van der Waals surface area contributed by atoms with Crippen LogP contribution < -0.4 is 14.8 Å². The average Bonchev–Trinajstić information content (AvgIpc) is 2.63. The number of hydrogen-bond acceptors (Lipinski definition) is 4. The molecule has 146 valence electrons. The van der Waals surface area contributed by atoms with E-state index in [1.54, 1.807) is 24.1 Å². The molecule has 2 rings (SSSR count). The van der Waals surface area contributed by atoms with Crippen LogP contribution in [0.5, 0.6) is 11.5 Å². The van der Waals surface area contributed by atoms with Crippen molar-refractivity contribution in [3.8, 4) is 11.5 Å². The largest absolute Gasteiger partial charge is 0.494 e. The van der Waals surface area contributed by atoms with Gasteiger partial charge in [0.1, 0.15) is 23.9 Å². The summed E-state index contributed by atoms with van der Waals surface area (Å²) in [5, 5.41) is 3.13. The zero-order chi connectivity index (χ0) is 19.6. The van der Waals surface area contributed by atoms with E-state index < -0.39 is 0 Å². The summed E-state index contributed by atoms with van der Waals surface area (Å²) >= 11 is 6.01. The summed E-state index contributed by atoms with van der Waals surface area (Å²) in [4.78, 5) is 13.7. The predicted molar refractivity (Wildman–Crippen MR) is 104 cm³/mol. The molecule has 0 bridgehead atoms. The van der Waals surface area contributed by atoms with Gasteiger partial charge in [0.25, 0.3) is 0 Å². The molecule has 2 aromatic rings. The summed E-state index contributed by atoms with van der Waals surface area (Å²) in [7, 11) is 1.73. The van der Waals surface area contributed by atoms with Gasteiger partial charge in [0.05, 0.1) is 19.7 Å². The zero-order valence-corrected chi connectivity index (χ0v) is 16.3. The lowest BCUT2D eigenvalue weighted by atomic mass is 10.2. The zero-order valence-electron chi connectivity index (χ0n) is 15.5. The molecule has 0 spiro atoms. The lowest BCUT2D eigenvalue weighted by molar-refractivity contribution is -0.122. The first-order valence-electron chi connectivity index (χ1n) is 8.73. The number of carbonyl (C=O) groups is 1. The van der Waals surface area contributed by atoms with E-state index in [4.69, 9.17) is 21.1 Å². The Labute approximate surface area is 164 Å². The van der Waals surface area contributed by atoms with Gasteiger partial charge in [-0.3, -0.25) is 9.69 Å². The van der Waals surface area contributed by atoms with E-state index in [0.717, 1.165) is 5.75 Å². The second kappa shape index (κ2) is 10.7. The van der Waals surface area contributed by atoms with Gasteiger partial charge < -0.3 is 14.8 Å². The molecule has 0 atom stereocenters. The third kappa shape index (κ3) is 7.07. The van der Waals surface area contributed by atoms with Crippen molar-refractivity contribution in [2.75, 3.05) is 33.4 Å². The molecule has 0 aliphatic rings. The van der Waals surface area contributed by atoms with Crippen LogP contribution in [0.25, 0.3) is 0 Å². The molecule has 0 aromatic heterocycles. The number of benzene rings is 2. The number of nitrogens with zero attached hydrogens (tertiary/aromatic N) is 1. The van der Waals surface area contributed by atoms with Gasteiger partial charge in [0.15, 0.2) is 0 Å². The number of likely N-dealkylation sites (N-methyl/N-ethyl adjacent to an activating group) is 1. The normalized spacial score (nSPS) is 10.7. The third-order valence-electron chi connectivity index (χ3n) is 3.73. The molecule has 0 saturated carbocycles. The van der Waals surface area contributed by atoms with Crippen LogP contribution in [0.4, 0.5) is 4.39 Å². The molecule has 0 heterocycles. The first kappa shape index (κ1) is 21.0.